The zero-order valence-corrected chi connectivity index (χ0v) is 18.5. The summed E-state index contributed by atoms with van der Waals surface area (Å²) in [5, 5.41) is 9.08. The van der Waals surface area contributed by atoms with Gasteiger partial charge in [0.05, 0.1) is 16.8 Å². The second-order valence-electron chi connectivity index (χ2n) is 8.26. The second kappa shape index (κ2) is 9.79. The van der Waals surface area contributed by atoms with Gasteiger partial charge in [-0.3, -0.25) is 15.2 Å². The van der Waals surface area contributed by atoms with Gasteiger partial charge in [0.1, 0.15) is 11.5 Å². The summed E-state index contributed by atoms with van der Waals surface area (Å²) in [7, 11) is 0. The largest absolute Gasteiger partial charge is 0.284 e. The molecule has 2 heterocycles. The van der Waals surface area contributed by atoms with Gasteiger partial charge in [0.15, 0.2) is 0 Å². The highest BCUT2D eigenvalue weighted by molar-refractivity contribution is 6.40. The van der Waals surface area contributed by atoms with E-state index in [2.05, 4.69) is 5.43 Å². The van der Waals surface area contributed by atoms with Crippen LogP contribution in [0.4, 0.5) is 10.1 Å². The Hall–Kier alpha value is -2.44. The van der Waals surface area contributed by atoms with Crippen LogP contribution in [0, 0.1) is 11.7 Å². The van der Waals surface area contributed by atoms with Crippen LogP contribution in [0.15, 0.2) is 53.6 Å². The highest BCUT2D eigenvalue weighted by atomic mass is 35.5. The maximum atomic E-state index is 13.5. The van der Waals surface area contributed by atoms with Gasteiger partial charge < -0.3 is 0 Å². The van der Waals surface area contributed by atoms with E-state index >= 15 is 0 Å². The lowest BCUT2D eigenvalue weighted by molar-refractivity contribution is -0.119. The molecule has 5 nitrogen and oxygen atoms in total. The molecule has 2 aromatic carbocycles. The molecule has 0 aliphatic carbocycles. The number of rotatable bonds is 4. The van der Waals surface area contributed by atoms with Gasteiger partial charge in [-0.05, 0) is 42.7 Å². The first kappa shape index (κ1) is 21.8. The summed E-state index contributed by atoms with van der Waals surface area (Å²) in [5.74, 6) is -0.680. The fourth-order valence-corrected chi connectivity index (χ4v) is 4.60. The maximum Gasteiger partial charge on any atom is 0.282 e. The lowest BCUT2D eigenvalue weighted by atomic mass is 9.91. The standard InChI is InChI=1S/C24H28ClFN4O/c1-17-22(24(31)28-29-15-7-3-2-4-8-16-29)27-30(21-10-6-5-9-20(21)25)23(17)18-11-13-19(26)14-12-18/h5-6,9-14,17,23H,2-4,7-8,15-16H2,1H3,(H,28,31)/t17-,23+/m1/s1. The molecular formula is C24H28ClFN4O. The van der Waals surface area contributed by atoms with E-state index in [1.165, 1.54) is 31.4 Å². The third-order valence-corrected chi connectivity index (χ3v) is 6.36. The molecule has 0 spiro atoms. The summed E-state index contributed by atoms with van der Waals surface area (Å²) in [4.78, 5) is 13.2. The Morgan fingerprint density at radius 3 is 2.35 bits per heavy atom. The minimum Gasteiger partial charge on any atom is -0.284 e. The average Bonchev–Trinajstić information content (AvgIpc) is 3.08. The van der Waals surface area contributed by atoms with Gasteiger partial charge >= 0.3 is 0 Å². The first-order valence-corrected chi connectivity index (χ1v) is 11.4. The summed E-state index contributed by atoms with van der Waals surface area (Å²) in [6.07, 6.45) is 5.80. The molecule has 4 rings (SSSR count). The Labute approximate surface area is 187 Å². The molecule has 2 aromatic rings. The molecule has 1 amide bonds. The average molecular weight is 443 g/mol. The van der Waals surface area contributed by atoms with Gasteiger partial charge in [0, 0.05) is 19.0 Å². The number of hydrogen-bond acceptors (Lipinski definition) is 4. The van der Waals surface area contributed by atoms with Gasteiger partial charge in [0.2, 0.25) is 0 Å². The summed E-state index contributed by atoms with van der Waals surface area (Å²) in [6.45, 7) is 3.68. The highest BCUT2D eigenvalue weighted by Crippen LogP contribution is 2.41. The second-order valence-corrected chi connectivity index (χ2v) is 8.67. The molecule has 2 aliphatic heterocycles. The fourth-order valence-electron chi connectivity index (χ4n) is 4.37. The molecule has 7 heteroatoms. The number of para-hydroxylation sites is 1. The normalized spacial score (nSPS) is 22.5. The van der Waals surface area contributed by atoms with Crippen LogP contribution >= 0.6 is 11.6 Å². The van der Waals surface area contributed by atoms with Gasteiger partial charge in [0.25, 0.3) is 5.91 Å². The number of hydrazone groups is 1. The van der Waals surface area contributed by atoms with Crippen molar-refractivity contribution in [2.24, 2.45) is 11.0 Å². The number of nitrogens with zero attached hydrogens (tertiary/aromatic N) is 3. The molecule has 0 radical (unpaired) electrons. The van der Waals surface area contributed by atoms with Crippen LogP contribution in [0.5, 0.6) is 0 Å². The lowest BCUT2D eigenvalue weighted by Gasteiger charge is -2.28. The highest BCUT2D eigenvalue weighted by Gasteiger charge is 2.40. The van der Waals surface area contributed by atoms with Crippen LogP contribution in [0.2, 0.25) is 5.02 Å². The Balaban J connectivity index is 1.62. The molecule has 2 aliphatic rings. The molecule has 0 saturated carbocycles. The zero-order valence-electron chi connectivity index (χ0n) is 17.7. The Bertz CT molecular complexity index is 941. The monoisotopic (exact) mass is 442 g/mol. The molecule has 0 unspecified atom stereocenters. The first-order chi connectivity index (χ1) is 15.0. The van der Waals surface area contributed by atoms with E-state index in [9.17, 15) is 9.18 Å². The third-order valence-electron chi connectivity index (χ3n) is 6.04. The quantitative estimate of drug-likeness (QED) is 0.696. The van der Waals surface area contributed by atoms with E-state index in [1.807, 2.05) is 30.1 Å². The van der Waals surface area contributed by atoms with Crippen molar-refractivity contribution in [1.29, 1.82) is 0 Å². The van der Waals surface area contributed by atoms with Crippen molar-refractivity contribution in [1.82, 2.24) is 10.4 Å². The first-order valence-electron chi connectivity index (χ1n) is 11.0. The lowest BCUT2D eigenvalue weighted by Crippen LogP contribution is -2.47. The summed E-state index contributed by atoms with van der Waals surface area (Å²) < 4.78 is 13.5. The number of anilines is 1. The molecule has 164 valence electrons. The van der Waals surface area contributed by atoms with Gasteiger partial charge in [-0.2, -0.15) is 5.10 Å². The molecule has 1 N–H and O–H groups in total. The van der Waals surface area contributed by atoms with Crippen LogP contribution < -0.4 is 10.4 Å². The molecule has 0 bridgehead atoms. The number of benzene rings is 2. The van der Waals surface area contributed by atoms with Crippen molar-refractivity contribution in [3.8, 4) is 0 Å². The summed E-state index contributed by atoms with van der Waals surface area (Å²) >= 11 is 6.47. The van der Waals surface area contributed by atoms with Gasteiger partial charge in [-0.15, -0.1) is 0 Å². The van der Waals surface area contributed by atoms with Crippen molar-refractivity contribution in [2.75, 3.05) is 18.1 Å². The van der Waals surface area contributed by atoms with Crippen molar-refractivity contribution in [2.45, 2.75) is 45.1 Å². The molecule has 0 aromatic heterocycles. The number of hydrogen-bond donors (Lipinski definition) is 1. The molecule has 2 atom stereocenters. The van der Waals surface area contributed by atoms with E-state index in [0.29, 0.717) is 10.7 Å². The Kier molecular flexibility index (Phi) is 6.88. The van der Waals surface area contributed by atoms with Crippen molar-refractivity contribution in [3.05, 3.63) is 64.9 Å². The summed E-state index contributed by atoms with van der Waals surface area (Å²) in [6, 6.07) is 13.5. The zero-order chi connectivity index (χ0) is 21.8. The van der Waals surface area contributed by atoms with E-state index in [4.69, 9.17) is 16.7 Å². The van der Waals surface area contributed by atoms with Gasteiger partial charge in [-0.25, -0.2) is 9.40 Å². The van der Waals surface area contributed by atoms with E-state index in [1.54, 1.807) is 23.2 Å². The van der Waals surface area contributed by atoms with Crippen LogP contribution in [-0.2, 0) is 4.79 Å². The third kappa shape index (κ3) is 4.91. The molecule has 1 saturated heterocycles. The Morgan fingerprint density at radius 1 is 1.03 bits per heavy atom. The molecule has 1 fully saturated rings. The molecule has 31 heavy (non-hydrogen) atoms. The number of nitrogens with one attached hydrogen (secondary N) is 1. The smallest absolute Gasteiger partial charge is 0.282 e. The SMILES string of the molecule is C[C@@H]1C(C(=O)NN2CCCCCCC2)=NN(c2ccccc2Cl)[C@@H]1c1ccc(F)cc1. The fraction of sp³-hybridized carbons (Fsp3) is 0.417. The van der Waals surface area contributed by atoms with Crippen molar-refractivity contribution < 1.29 is 9.18 Å². The minimum absolute atomic E-state index is 0.185. The number of amides is 1. The number of carbonyl (C=O) groups excluding carboxylic acids is 1. The predicted octanol–water partition coefficient (Wildman–Crippen LogP) is 5.33. The van der Waals surface area contributed by atoms with Crippen LogP contribution in [0.1, 0.15) is 50.6 Å². The van der Waals surface area contributed by atoms with Crippen LogP contribution in [-0.4, -0.2) is 29.7 Å². The number of hydrazine groups is 1. The van der Waals surface area contributed by atoms with E-state index in [-0.39, 0.29) is 23.7 Å². The maximum absolute atomic E-state index is 13.5. The van der Waals surface area contributed by atoms with Crippen molar-refractivity contribution in [3.63, 3.8) is 0 Å². The van der Waals surface area contributed by atoms with Crippen LogP contribution in [0.25, 0.3) is 0 Å². The van der Waals surface area contributed by atoms with E-state index in [0.717, 1.165) is 37.2 Å². The number of halogens is 2. The predicted molar refractivity (Wildman–Crippen MR) is 122 cm³/mol. The Morgan fingerprint density at radius 2 is 1.68 bits per heavy atom. The van der Waals surface area contributed by atoms with Crippen LogP contribution in [0.3, 0.4) is 0 Å². The topological polar surface area (TPSA) is 47.9 Å². The minimum atomic E-state index is -0.297. The summed E-state index contributed by atoms with van der Waals surface area (Å²) in [5.41, 5.74) is 5.13. The van der Waals surface area contributed by atoms with Gasteiger partial charge in [-0.1, -0.05) is 62.1 Å². The number of carbonyl (C=O) groups is 1. The van der Waals surface area contributed by atoms with E-state index < -0.39 is 0 Å². The van der Waals surface area contributed by atoms with Crippen molar-refractivity contribution >= 4 is 28.9 Å². The molecular weight excluding hydrogens is 415 g/mol.